The molecule has 0 saturated carbocycles. The Morgan fingerprint density at radius 3 is 2.52 bits per heavy atom. The van der Waals surface area contributed by atoms with Gasteiger partial charge >= 0.3 is 0 Å². The van der Waals surface area contributed by atoms with Gasteiger partial charge in [0, 0.05) is 17.0 Å². The first kappa shape index (κ1) is 18.1. The van der Waals surface area contributed by atoms with Crippen molar-refractivity contribution >= 4 is 5.91 Å². The largest absolute Gasteiger partial charge is 0.456 e. The van der Waals surface area contributed by atoms with Crippen molar-refractivity contribution in [3.8, 4) is 11.5 Å². The van der Waals surface area contributed by atoms with Gasteiger partial charge in [0.2, 0.25) is 5.91 Å². The van der Waals surface area contributed by atoms with E-state index in [0.29, 0.717) is 6.10 Å². The number of para-hydroxylation sites is 2. The lowest BCUT2D eigenvalue weighted by Crippen LogP contribution is -2.39. The van der Waals surface area contributed by atoms with Crippen molar-refractivity contribution in [1.29, 1.82) is 0 Å². The number of amides is 1. The summed E-state index contributed by atoms with van der Waals surface area (Å²) in [7, 11) is 0. The Labute approximate surface area is 160 Å². The SMILES string of the molecule is CC(C)(C)C(C(N)=O)C1c2ccccc2Oc2c(CCC3CO3)cccc21. The smallest absolute Gasteiger partial charge is 0.222 e. The van der Waals surface area contributed by atoms with E-state index in [-0.39, 0.29) is 23.2 Å². The van der Waals surface area contributed by atoms with Crippen LogP contribution in [0.25, 0.3) is 0 Å². The minimum Gasteiger partial charge on any atom is -0.456 e. The standard InChI is InChI=1S/C23H27NO3/c1-23(2,3)20(22(24)25)19-16-8-4-5-10-18(16)27-21-14(7-6-9-17(19)21)11-12-15-13-26-15/h4-10,15,19-20H,11-13H2,1-3H3,(H2,24,25). The van der Waals surface area contributed by atoms with Gasteiger partial charge in [0.15, 0.2) is 0 Å². The highest BCUT2D eigenvalue weighted by Crippen LogP contribution is 2.52. The van der Waals surface area contributed by atoms with Gasteiger partial charge in [-0.25, -0.2) is 0 Å². The molecule has 0 aromatic heterocycles. The second-order valence-electron chi connectivity index (χ2n) is 8.69. The van der Waals surface area contributed by atoms with E-state index in [0.717, 1.165) is 42.1 Å². The summed E-state index contributed by atoms with van der Waals surface area (Å²) >= 11 is 0. The van der Waals surface area contributed by atoms with E-state index in [1.54, 1.807) is 0 Å². The van der Waals surface area contributed by atoms with Crippen molar-refractivity contribution < 1.29 is 14.3 Å². The van der Waals surface area contributed by atoms with Gasteiger partial charge in [0.05, 0.1) is 18.6 Å². The second kappa shape index (κ2) is 6.68. The number of epoxide rings is 1. The average molecular weight is 365 g/mol. The van der Waals surface area contributed by atoms with Crippen LogP contribution in [0.4, 0.5) is 0 Å². The Morgan fingerprint density at radius 2 is 1.85 bits per heavy atom. The van der Waals surface area contributed by atoms with Crippen LogP contribution in [0.2, 0.25) is 0 Å². The Bertz CT molecular complexity index is 864. The average Bonchev–Trinajstić information content (AvgIpc) is 3.42. The van der Waals surface area contributed by atoms with Gasteiger partial charge in [-0.15, -0.1) is 0 Å². The molecule has 3 atom stereocenters. The van der Waals surface area contributed by atoms with E-state index < -0.39 is 0 Å². The maximum Gasteiger partial charge on any atom is 0.222 e. The molecule has 4 rings (SSSR count). The topological polar surface area (TPSA) is 64.9 Å². The zero-order chi connectivity index (χ0) is 19.2. The molecule has 0 spiro atoms. The molecule has 0 aliphatic carbocycles. The quantitative estimate of drug-likeness (QED) is 0.799. The maximum atomic E-state index is 12.5. The number of benzene rings is 2. The fourth-order valence-corrected chi connectivity index (χ4v) is 4.28. The van der Waals surface area contributed by atoms with Crippen LogP contribution in [0, 0.1) is 11.3 Å². The highest BCUT2D eigenvalue weighted by molar-refractivity contribution is 5.80. The van der Waals surface area contributed by atoms with Gasteiger partial charge in [-0.2, -0.15) is 0 Å². The number of hydrogen-bond acceptors (Lipinski definition) is 3. The van der Waals surface area contributed by atoms with E-state index in [1.165, 1.54) is 5.56 Å². The molecule has 2 aliphatic rings. The van der Waals surface area contributed by atoms with Crippen molar-refractivity contribution in [2.75, 3.05) is 6.61 Å². The lowest BCUT2D eigenvalue weighted by Gasteiger charge is -2.39. The summed E-state index contributed by atoms with van der Waals surface area (Å²) in [5.74, 6) is 0.993. The zero-order valence-electron chi connectivity index (χ0n) is 16.2. The zero-order valence-corrected chi connectivity index (χ0v) is 16.2. The summed E-state index contributed by atoms with van der Waals surface area (Å²) < 4.78 is 11.7. The molecule has 0 bridgehead atoms. The van der Waals surface area contributed by atoms with Crippen molar-refractivity contribution in [3.63, 3.8) is 0 Å². The van der Waals surface area contributed by atoms with Gasteiger partial charge in [0.25, 0.3) is 0 Å². The number of carbonyl (C=O) groups is 1. The van der Waals surface area contributed by atoms with Crippen molar-refractivity contribution in [1.82, 2.24) is 0 Å². The third-order valence-corrected chi connectivity index (χ3v) is 5.64. The van der Waals surface area contributed by atoms with Gasteiger partial charge in [-0.05, 0) is 29.9 Å². The van der Waals surface area contributed by atoms with E-state index >= 15 is 0 Å². The summed E-state index contributed by atoms with van der Waals surface area (Å²) in [6.07, 6.45) is 2.27. The minimum atomic E-state index is -0.330. The molecule has 2 N–H and O–H groups in total. The first-order valence-corrected chi connectivity index (χ1v) is 9.65. The van der Waals surface area contributed by atoms with Gasteiger partial charge < -0.3 is 15.2 Å². The summed E-state index contributed by atoms with van der Waals surface area (Å²) in [6.45, 7) is 7.09. The molecule has 2 heterocycles. The molecule has 142 valence electrons. The van der Waals surface area contributed by atoms with Crippen LogP contribution in [0.1, 0.15) is 49.8 Å². The predicted octanol–water partition coefficient (Wildman–Crippen LogP) is 4.40. The Hall–Kier alpha value is -2.33. The number of ether oxygens (including phenoxy) is 2. The Morgan fingerprint density at radius 1 is 1.15 bits per heavy atom. The highest BCUT2D eigenvalue weighted by atomic mass is 16.6. The highest BCUT2D eigenvalue weighted by Gasteiger charge is 2.43. The minimum absolute atomic E-state index is 0.112. The molecule has 4 nitrogen and oxygen atoms in total. The van der Waals surface area contributed by atoms with Crippen molar-refractivity contribution in [2.24, 2.45) is 17.1 Å². The van der Waals surface area contributed by atoms with Crippen LogP contribution in [0.3, 0.4) is 0 Å². The van der Waals surface area contributed by atoms with Crippen molar-refractivity contribution in [3.05, 3.63) is 59.2 Å². The van der Waals surface area contributed by atoms with E-state index in [2.05, 4.69) is 45.0 Å². The Balaban J connectivity index is 1.84. The molecule has 2 aromatic carbocycles. The lowest BCUT2D eigenvalue weighted by molar-refractivity contribution is -0.125. The number of rotatable bonds is 5. The number of fused-ring (bicyclic) bond motifs is 2. The van der Waals surface area contributed by atoms with Crippen molar-refractivity contribution in [2.45, 2.75) is 45.6 Å². The molecule has 3 unspecified atom stereocenters. The normalized spacial score (nSPS) is 21.6. The Kier molecular flexibility index (Phi) is 4.47. The fourth-order valence-electron chi connectivity index (χ4n) is 4.28. The van der Waals surface area contributed by atoms with Crippen LogP contribution in [-0.4, -0.2) is 18.6 Å². The monoisotopic (exact) mass is 365 g/mol. The number of aryl methyl sites for hydroxylation is 1. The van der Waals surface area contributed by atoms with Gasteiger partial charge in [-0.3, -0.25) is 4.79 Å². The molecule has 2 aliphatic heterocycles. The fraction of sp³-hybridized carbons (Fsp3) is 0.435. The summed E-state index contributed by atoms with van der Waals surface area (Å²) in [4.78, 5) is 12.5. The predicted molar refractivity (Wildman–Crippen MR) is 105 cm³/mol. The molecule has 2 aromatic rings. The third-order valence-electron chi connectivity index (χ3n) is 5.64. The number of carbonyl (C=O) groups excluding carboxylic acids is 1. The van der Waals surface area contributed by atoms with E-state index in [4.69, 9.17) is 15.2 Å². The second-order valence-corrected chi connectivity index (χ2v) is 8.69. The molecular formula is C23H27NO3. The lowest BCUT2D eigenvalue weighted by atomic mass is 9.67. The van der Waals surface area contributed by atoms with E-state index in [9.17, 15) is 4.79 Å². The maximum absolute atomic E-state index is 12.5. The van der Waals surface area contributed by atoms with Gasteiger partial charge in [-0.1, -0.05) is 57.2 Å². The summed E-state index contributed by atoms with van der Waals surface area (Å²) in [5.41, 5.74) is 8.91. The van der Waals surface area contributed by atoms with Crippen LogP contribution in [-0.2, 0) is 16.0 Å². The van der Waals surface area contributed by atoms with Crippen LogP contribution >= 0.6 is 0 Å². The molecule has 27 heavy (non-hydrogen) atoms. The number of primary amides is 1. The summed E-state index contributed by atoms with van der Waals surface area (Å²) in [6, 6.07) is 14.2. The molecule has 1 fully saturated rings. The van der Waals surface area contributed by atoms with E-state index in [1.807, 2.05) is 18.2 Å². The summed E-state index contributed by atoms with van der Waals surface area (Å²) in [5, 5.41) is 0. The first-order chi connectivity index (χ1) is 12.9. The molecule has 1 saturated heterocycles. The first-order valence-electron chi connectivity index (χ1n) is 9.65. The third kappa shape index (κ3) is 3.46. The number of hydrogen-bond donors (Lipinski definition) is 1. The molecule has 4 heteroatoms. The molecule has 0 radical (unpaired) electrons. The molecule has 1 amide bonds. The van der Waals surface area contributed by atoms with Crippen LogP contribution in [0.5, 0.6) is 11.5 Å². The molecular weight excluding hydrogens is 338 g/mol. The van der Waals surface area contributed by atoms with Crippen LogP contribution < -0.4 is 10.5 Å². The van der Waals surface area contributed by atoms with Gasteiger partial charge in [0.1, 0.15) is 11.5 Å². The van der Waals surface area contributed by atoms with Crippen LogP contribution in [0.15, 0.2) is 42.5 Å². The number of nitrogens with two attached hydrogens (primary N) is 1.